The molecule has 1 aliphatic heterocycles. The molecule has 2 aromatic heterocycles. The van der Waals surface area contributed by atoms with Crippen LogP contribution in [0.5, 0.6) is 0 Å². The van der Waals surface area contributed by atoms with Crippen LogP contribution in [0.25, 0.3) is 32.2 Å². The van der Waals surface area contributed by atoms with Gasteiger partial charge in [-0.2, -0.15) is 13.2 Å². The van der Waals surface area contributed by atoms with E-state index in [4.69, 9.17) is 19.6 Å². The molecule has 2 aromatic carbocycles. The van der Waals surface area contributed by atoms with E-state index in [9.17, 15) is 13.2 Å². The first-order valence-corrected chi connectivity index (χ1v) is 11.9. The van der Waals surface area contributed by atoms with Gasteiger partial charge in [0.15, 0.2) is 0 Å². The third-order valence-corrected chi connectivity index (χ3v) is 6.55. The molecule has 0 aliphatic carbocycles. The summed E-state index contributed by atoms with van der Waals surface area (Å²) >= 11 is 1.77. The van der Waals surface area contributed by atoms with Crippen LogP contribution < -0.4 is 5.32 Å². The zero-order valence-corrected chi connectivity index (χ0v) is 19.5. The summed E-state index contributed by atoms with van der Waals surface area (Å²) in [6, 6.07) is 21.3. The van der Waals surface area contributed by atoms with Crippen molar-refractivity contribution in [2.45, 2.75) is 31.7 Å². The molecule has 35 heavy (non-hydrogen) atoms. The number of carboxylic acids is 1. The van der Waals surface area contributed by atoms with Gasteiger partial charge in [-0.05, 0) is 54.3 Å². The number of aromatic nitrogens is 2. The number of nitrogens with zero attached hydrogens (tertiary/aromatic N) is 1. The number of hydrogen-bond acceptors (Lipinski definition) is 5. The van der Waals surface area contributed by atoms with Crippen LogP contribution in [0, 0.1) is 0 Å². The highest BCUT2D eigenvalue weighted by Crippen LogP contribution is 2.34. The number of aliphatic carboxylic acids is 1. The van der Waals surface area contributed by atoms with Gasteiger partial charge in [-0.25, -0.2) is 9.78 Å². The molecule has 0 saturated carbocycles. The van der Waals surface area contributed by atoms with Gasteiger partial charge in [0.1, 0.15) is 5.82 Å². The molecular weight excluding hydrogens is 479 g/mol. The third kappa shape index (κ3) is 6.68. The molecule has 3 heterocycles. The number of H-pyrrole nitrogens is 1. The standard InChI is InChI=1S/C23H23N3OS.C2HF3O2/c1-2-9-20-19(8-1)25-23(26-20)22-11-10-21(28-22)17-6-3-5-16(13-17)14-24-15-18-7-4-12-27-18;3-2(4,5)1(6)7/h1-3,5-6,8-11,13,18,24H,4,7,12,14-15H2,(H,25,26);(H,6,7). The number of benzene rings is 2. The van der Waals surface area contributed by atoms with Crippen LogP contribution in [0.2, 0.25) is 0 Å². The minimum atomic E-state index is -5.08. The Balaban J connectivity index is 0.000000364. The molecule has 3 N–H and O–H groups in total. The first-order valence-electron chi connectivity index (χ1n) is 11.1. The van der Waals surface area contributed by atoms with Crippen molar-refractivity contribution in [3.8, 4) is 21.1 Å². The third-order valence-electron chi connectivity index (χ3n) is 5.41. The predicted octanol–water partition coefficient (Wildman–Crippen LogP) is 5.86. The van der Waals surface area contributed by atoms with Crippen molar-refractivity contribution in [2.24, 2.45) is 0 Å². The molecule has 4 aromatic rings. The van der Waals surface area contributed by atoms with E-state index in [0.29, 0.717) is 6.10 Å². The van der Waals surface area contributed by atoms with Crippen LogP contribution in [0.15, 0.2) is 60.7 Å². The van der Waals surface area contributed by atoms with Gasteiger partial charge in [-0.1, -0.05) is 30.3 Å². The molecule has 0 amide bonds. The average Bonchev–Trinajstić information content (AvgIpc) is 3.59. The number of fused-ring (bicyclic) bond motifs is 1. The minimum Gasteiger partial charge on any atom is -0.475 e. The SMILES string of the molecule is O=C(O)C(F)(F)F.c1cc(CNCC2CCCO2)cc(-c2ccc(-c3nc4ccccc4[nH]3)s2)c1. The fourth-order valence-corrected chi connectivity index (χ4v) is 4.65. The van der Waals surface area contributed by atoms with E-state index in [1.807, 2.05) is 18.2 Å². The summed E-state index contributed by atoms with van der Waals surface area (Å²) in [5.74, 6) is -1.82. The molecule has 0 radical (unpaired) electrons. The number of carbonyl (C=O) groups is 1. The lowest BCUT2D eigenvalue weighted by Gasteiger charge is -2.11. The Morgan fingerprint density at radius 3 is 2.63 bits per heavy atom. The Morgan fingerprint density at radius 1 is 1.14 bits per heavy atom. The topological polar surface area (TPSA) is 87.2 Å². The lowest BCUT2D eigenvalue weighted by Crippen LogP contribution is -2.25. The minimum absolute atomic E-state index is 0.381. The van der Waals surface area contributed by atoms with Gasteiger partial charge in [0.25, 0.3) is 0 Å². The number of para-hydroxylation sites is 2. The van der Waals surface area contributed by atoms with Crippen LogP contribution in [0.4, 0.5) is 13.2 Å². The van der Waals surface area contributed by atoms with Gasteiger partial charge in [-0.15, -0.1) is 11.3 Å². The Hall–Kier alpha value is -3.21. The smallest absolute Gasteiger partial charge is 0.475 e. The number of rotatable bonds is 6. The summed E-state index contributed by atoms with van der Waals surface area (Å²) in [4.78, 5) is 19.5. The number of aromatic amines is 1. The van der Waals surface area contributed by atoms with Gasteiger partial charge in [0, 0.05) is 24.6 Å². The predicted molar refractivity (Wildman–Crippen MR) is 129 cm³/mol. The van der Waals surface area contributed by atoms with Crippen molar-refractivity contribution in [3.05, 3.63) is 66.2 Å². The quantitative estimate of drug-likeness (QED) is 0.307. The van der Waals surface area contributed by atoms with Crippen LogP contribution >= 0.6 is 11.3 Å². The lowest BCUT2D eigenvalue weighted by atomic mass is 10.1. The van der Waals surface area contributed by atoms with Crippen LogP contribution in [0.3, 0.4) is 0 Å². The molecule has 1 saturated heterocycles. The Bertz CT molecular complexity index is 1250. The van der Waals surface area contributed by atoms with Gasteiger partial charge in [0.05, 0.1) is 22.0 Å². The molecule has 184 valence electrons. The fraction of sp³-hybridized carbons (Fsp3) is 0.280. The largest absolute Gasteiger partial charge is 0.490 e. The lowest BCUT2D eigenvalue weighted by molar-refractivity contribution is -0.192. The second kappa shape index (κ2) is 11.0. The number of ether oxygens (including phenoxy) is 1. The van der Waals surface area contributed by atoms with Gasteiger partial charge >= 0.3 is 12.1 Å². The van der Waals surface area contributed by atoms with E-state index in [0.717, 1.165) is 41.4 Å². The van der Waals surface area contributed by atoms with Gasteiger partial charge in [-0.3, -0.25) is 0 Å². The molecule has 1 unspecified atom stereocenters. The average molecular weight is 504 g/mol. The second-order valence-corrected chi connectivity index (χ2v) is 9.12. The Morgan fingerprint density at radius 2 is 1.91 bits per heavy atom. The zero-order chi connectivity index (χ0) is 24.8. The normalized spacial score (nSPS) is 15.7. The first-order chi connectivity index (χ1) is 16.8. The van der Waals surface area contributed by atoms with Crippen molar-refractivity contribution >= 4 is 28.3 Å². The molecular formula is C25H24F3N3O3S. The summed E-state index contributed by atoms with van der Waals surface area (Å²) in [6.07, 6.45) is -2.34. The molecule has 6 nitrogen and oxygen atoms in total. The first kappa shape index (κ1) is 24.9. The summed E-state index contributed by atoms with van der Waals surface area (Å²) in [6.45, 7) is 2.71. The maximum absolute atomic E-state index is 10.6. The number of thiophene rings is 1. The Kier molecular flexibility index (Phi) is 7.84. The number of halogens is 3. The van der Waals surface area contributed by atoms with E-state index in [-0.39, 0.29) is 0 Å². The molecule has 1 fully saturated rings. The van der Waals surface area contributed by atoms with Gasteiger partial charge in [0.2, 0.25) is 0 Å². The zero-order valence-electron chi connectivity index (χ0n) is 18.6. The summed E-state index contributed by atoms with van der Waals surface area (Å²) in [5, 5.41) is 10.7. The summed E-state index contributed by atoms with van der Waals surface area (Å²) in [5.41, 5.74) is 4.64. The number of alkyl halides is 3. The van der Waals surface area contributed by atoms with E-state index >= 15 is 0 Å². The van der Waals surface area contributed by atoms with Gasteiger partial charge < -0.3 is 20.1 Å². The molecule has 0 bridgehead atoms. The van der Waals surface area contributed by atoms with E-state index < -0.39 is 12.1 Å². The number of carboxylic acid groups (broad SMARTS) is 1. The molecule has 1 atom stereocenters. The summed E-state index contributed by atoms with van der Waals surface area (Å²) in [7, 11) is 0. The Labute approximate surface area is 203 Å². The van der Waals surface area contributed by atoms with Crippen molar-refractivity contribution < 1.29 is 27.8 Å². The molecule has 0 spiro atoms. The van der Waals surface area contributed by atoms with E-state index in [1.54, 1.807) is 11.3 Å². The monoisotopic (exact) mass is 503 g/mol. The van der Waals surface area contributed by atoms with E-state index in [1.165, 1.54) is 28.8 Å². The highest BCUT2D eigenvalue weighted by molar-refractivity contribution is 7.18. The van der Waals surface area contributed by atoms with Crippen molar-refractivity contribution in [2.75, 3.05) is 13.2 Å². The summed E-state index contributed by atoms with van der Waals surface area (Å²) < 4.78 is 37.4. The van der Waals surface area contributed by atoms with Crippen molar-refractivity contribution in [1.82, 2.24) is 15.3 Å². The fourth-order valence-electron chi connectivity index (χ4n) is 3.71. The highest BCUT2D eigenvalue weighted by atomic mass is 32.1. The molecule has 10 heteroatoms. The van der Waals surface area contributed by atoms with E-state index in [2.05, 4.69) is 52.8 Å². The molecule has 5 rings (SSSR count). The number of nitrogens with one attached hydrogen (secondary N) is 2. The maximum Gasteiger partial charge on any atom is 0.490 e. The van der Waals surface area contributed by atoms with Crippen LogP contribution in [0.1, 0.15) is 18.4 Å². The second-order valence-electron chi connectivity index (χ2n) is 8.04. The van der Waals surface area contributed by atoms with Crippen molar-refractivity contribution in [1.29, 1.82) is 0 Å². The maximum atomic E-state index is 10.6. The van der Waals surface area contributed by atoms with Crippen LogP contribution in [-0.2, 0) is 16.1 Å². The van der Waals surface area contributed by atoms with Crippen molar-refractivity contribution in [3.63, 3.8) is 0 Å². The van der Waals surface area contributed by atoms with Crippen LogP contribution in [-0.4, -0.2) is 46.5 Å². The molecule has 1 aliphatic rings. The highest BCUT2D eigenvalue weighted by Gasteiger charge is 2.38. The number of hydrogen-bond donors (Lipinski definition) is 3. The number of imidazole rings is 1.